The minimum atomic E-state index is -0.211. The van der Waals surface area contributed by atoms with Crippen LogP contribution in [-0.4, -0.2) is 23.9 Å². The van der Waals surface area contributed by atoms with Gasteiger partial charge in [0.25, 0.3) is 5.56 Å². The van der Waals surface area contributed by atoms with Gasteiger partial charge in [-0.1, -0.05) is 0 Å². The lowest BCUT2D eigenvalue weighted by atomic mass is 10.1. The number of aromatic nitrogens is 2. The molecular formula is C12H10N2O4. The summed E-state index contributed by atoms with van der Waals surface area (Å²) in [5, 5.41) is 0. The van der Waals surface area contributed by atoms with E-state index in [-0.39, 0.29) is 12.4 Å². The Kier molecular flexibility index (Phi) is 2.40. The van der Waals surface area contributed by atoms with Crippen molar-refractivity contribution in [2.45, 2.75) is 0 Å². The van der Waals surface area contributed by atoms with Crippen molar-refractivity contribution >= 4 is 0 Å². The number of nitrogens with zero attached hydrogens (tertiary/aromatic N) is 1. The Morgan fingerprint density at radius 3 is 3.06 bits per heavy atom. The third kappa shape index (κ3) is 1.67. The topological polar surface area (TPSA) is 73.4 Å². The summed E-state index contributed by atoms with van der Waals surface area (Å²) in [5.41, 5.74) is 0.491. The summed E-state index contributed by atoms with van der Waals surface area (Å²) in [6, 6.07) is 4.85. The van der Waals surface area contributed by atoms with Crippen LogP contribution in [0.1, 0.15) is 0 Å². The van der Waals surface area contributed by atoms with Gasteiger partial charge >= 0.3 is 0 Å². The average Bonchev–Trinajstić information content (AvgIpc) is 2.85. The molecule has 0 spiro atoms. The summed E-state index contributed by atoms with van der Waals surface area (Å²) in [6.07, 6.45) is 1.45. The summed E-state index contributed by atoms with van der Waals surface area (Å²) >= 11 is 0. The van der Waals surface area contributed by atoms with E-state index in [0.717, 1.165) is 0 Å². The number of methoxy groups -OCH3 is 1. The molecule has 0 unspecified atom stereocenters. The molecular weight excluding hydrogens is 236 g/mol. The van der Waals surface area contributed by atoms with E-state index in [1.54, 1.807) is 19.2 Å². The Hall–Kier alpha value is -2.50. The molecule has 1 aromatic heterocycles. The lowest BCUT2D eigenvalue weighted by Gasteiger charge is -2.07. The van der Waals surface area contributed by atoms with Crippen molar-refractivity contribution in [1.82, 2.24) is 9.97 Å². The van der Waals surface area contributed by atoms with Crippen molar-refractivity contribution in [2.24, 2.45) is 0 Å². The van der Waals surface area contributed by atoms with Gasteiger partial charge in [0.1, 0.15) is 5.82 Å². The van der Waals surface area contributed by atoms with Crippen LogP contribution in [-0.2, 0) is 0 Å². The quantitative estimate of drug-likeness (QED) is 0.861. The number of H-pyrrole nitrogens is 1. The van der Waals surface area contributed by atoms with Crippen LogP contribution < -0.4 is 19.8 Å². The smallest absolute Gasteiger partial charge is 0.251 e. The van der Waals surface area contributed by atoms with E-state index in [1.165, 1.54) is 12.3 Å². The third-order valence-corrected chi connectivity index (χ3v) is 2.60. The summed E-state index contributed by atoms with van der Waals surface area (Å²) in [5.74, 6) is 2.15. The van der Waals surface area contributed by atoms with Crippen molar-refractivity contribution in [2.75, 3.05) is 13.9 Å². The molecule has 0 fully saturated rings. The first kappa shape index (κ1) is 10.6. The highest BCUT2D eigenvalue weighted by Crippen LogP contribution is 2.43. The molecule has 6 heteroatoms. The summed E-state index contributed by atoms with van der Waals surface area (Å²) in [7, 11) is 1.54. The monoisotopic (exact) mass is 246 g/mol. The van der Waals surface area contributed by atoms with Crippen molar-refractivity contribution < 1.29 is 14.2 Å². The molecule has 0 bridgehead atoms. The lowest BCUT2D eigenvalue weighted by molar-refractivity contribution is 0.171. The van der Waals surface area contributed by atoms with Crippen molar-refractivity contribution in [3.8, 4) is 28.6 Å². The zero-order valence-corrected chi connectivity index (χ0v) is 9.60. The number of nitrogens with one attached hydrogen (secondary N) is 1. The predicted octanol–water partition coefficient (Wildman–Crippen LogP) is 1.17. The number of hydrogen-bond acceptors (Lipinski definition) is 5. The van der Waals surface area contributed by atoms with Crippen LogP contribution in [0.4, 0.5) is 0 Å². The van der Waals surface area contributed by atoms with Gasteiger partial charge in [-0.3, -0.25) is 4.79 Å². The Morgan fingerprint density at radius 2 is 2.28 bits per heavy atom. The van der Waals surface area contributed by atoms with Gasteiger partial charge in [0.2, 0.25) is 12.5 Å². The second kappa shape index (κ2) is 4.06. The van der Waals surface area contributed by atoms with Crippen molar-refractivity contribution in [1.29, 1.82) is 0 Å². The maximum Gasteiger partial charge on any atom is 0.251 e. The third-order valence-electron chi connectivity index (χ3n) is 2.60. The predicted molar refractivity (Wildman–Crippen MR) is 63.0 cm³/mol. The number of fused-ring (bicyclic) bond motifs is 1. The molecule has 2 aromatic rings. The zero-order chi connectivity index (χ0) is 12.5. The Labute approximate surface area is 102 Å². The van der Waals surface area contributed by atoms with Crippen molar-refractivity contribution in [3.63, 3.8) is 0 Å². The molecule has 1 aliphatic heterocycles. The molecule has 0 amide bonds. The van der Waals surface area contributed by atoms with Crippen LogP contribution in [0.2, 0.25) is 0 Å². The Morgan fingerprint density at radius 1 is 1.39 bits per heavy atom. The Bertz CT molecular complexity index is 651. The van der Waals surface area contributed by atoms with Crippen LogP contribution in [0.5, 0.6) is 17.2 Å². The van der Waals surface area contributed by atoms with Crippen LogP contribution in [0, 0.1) is 0 Å². The summed E-state index contributed by atoms with van der Waals surface area (Å²) < 4.78 is 15.8. The average molecular weight is 246 g/mol. The Balaban J connectivity index is 2.16. The number of hydrogen-bond donors (Lipinski definition) is 1. The maximum atomic E-state index is 11.3. The van der Waals surface area contributed by atoms with Crippen LogP contribution in [0.3, 0.4) is 0 Å². The van der Waals surface area contributed by atoms with Gasteiger partial charge in [-0.25, -0.2) is 4.98 Å². The standard InChI is InChI=1S/C12H10N2O4/c1-16-8-4-7(5-9-11(8)18-6-17-9)12-13-3-2-10(15)14-12/h2-5H,6H2,1H3,(H,13,14,15). The second-order valence-electron chi connectivity index (χ2n) is 3.69. The fraction of sp³-hybridized carbons (Fsp3) is 0.167. The molecule has 6 nitrogen and oxygen atoms in total. The van der Waals surface area contributed by atoms with Gasteiger partial charge in [0.05, 0.1) is 7.11 Å². The second-order valence-corrected chi connectivity index (χ2v) is 3.69. The van der Waals surface area contributed by atoms with Gasteiger partial charge in [-0.05, 0) is 12.1 Å². The van der Waals surface area contributed by atoms with Gasteiger partial charge < -0.3 is 19.2 Å². The fourth-order valence-corrected chi connectivity index (χ4v) is 1.78. The lowest BCUT2D eigenvalue weighted by Crippen LogP contribution is -2.05. The molecule has 1 aliphatic rings. The number of ether oxygens (including phenoxy) is 3. The molecule has 1 aromatic carbocycles. The van der Waals surface area contributed by atoms with E-state index >= 15 is 0 Å². The summed E-state index contributed by atoms with van der Waals surface area (Å²) in [4.78, 5) is 18.0. The van der Waals surface area contributed by atoms with Gasteiger partial charge in [-0.15, -0.1) is 0 Å². The first-order valence-electron chi connectivity index (χ1n) is 5.31. The van der Waals surface area contributed by atoms with E-state index in [1.807, 2.05) is 0 Å². The van der Waals surface area contributed by atoms with Crippen LogP contribution in [0.15, 0.2) is 29.2 Å². The molecule has 0 radical (unpaired) electrons. The fourth-order valence-electron chi connectivity index (χ4n) is 1.78. The molecule has 18 heavy (non-hydrogen) atoms. The normalized spacial score (nSPS) is 12.5. The summed E-state index contributed by atoms with van der Waals surface area (Å²) in [6.45, 7) is 0.161. The number of aromatic amines is 1. The van der Waals surface area contributed by atoms with Gasteiger partial charge in [0.15, 0.2) is 11.5 Å². The highest BCUT2D eigenvalue weighted by Gasteiger charge is 2.21. The first-order valence-corrected chi connectivity index (χ1v) is 5.31. The van der Waals surface area contributed by atoms with Crippen molar-refractivity contribution in [3.05, 3.63) is 34.7 Å². The molecule has 1 N–H and O–H groups in total. The van der Waals surface area contributed by atoms with E-state index in [4.69, 9.17) is 14.2 Å². The molecule has 92 valence electrons. The molecule has 0 saturated carbocycles. The number of rotatable bonds is 2. The maximum absolute atomic E-state index is 11.3. The van der Waals surface area contributed by atoms with Crippen LogP contribution >= 0.6 is 0 Å². The highest BCUT2D eigenvalue weighted by atomic mass is 16.7. The van der Waals surface area contributed by atoms with Gasteiger partial charge in [-0.2, -0.15) is 0 Å². The zero-order valence-electron chi connectivity index (χ0n) is 9.60. The molecule has 3 rings (SSSR count). The van der Waals surface area contributed by atoms with E-state index in [0.29, 0.717) is 28.6 Å². The van der Waals surface area contributed by atoms with E-state index < -0.39 is 0 Å². The first-order chi connectivity index (χ1) is 8.78. The number of benzene rings is 1. The highest BCUT2D eigenvalue weighted by molar-refractivity contribution is 5.67. The van der Waals surface area contributed by atoms with Crippen LogP contribution in [0.25, 0.3) is 11.4 Å². The van der Waals surface area contributed by atoms with E-state index in [9.17, 15) is 4.79 Å². The molecule has 0 atom stereocenters. The minimum Gasteiger partial charge on any atom is -0.493 e. The van der Waals surface area contributed by atoms with Gasteiger partial charge in [0, 0.05) is 17.8 Å². The van der Waals surface area contributed by atoms with E-state index in [2.05, 4.69) is 9.97 Å². The minimum absolute atomic E-state index is 0.161. The largest absolute Gasteiger partial charge is 0.493 e. The molecule has 2 heterocycles. The SMILES string of the molecule is COc1cc(-c2nccc(=O)[nH]2)cc2c1OCO2. The molecule has 0 saturated heterocycles. The molecule has 0 aliphatic carbocycles.